The van der Waals surface area contributed by atoms with Crippen molar-refractivity contribution in [3.8, 4) is 11.5 Å². The lowest BCUT2D eigenvalue weighted by molar-refractivity contribution is 0.299. The number of benzene rings is 2. The maximum absolute atomic E-state index is 11.8. The lowest BCUT2D eigenvalue weighted by Crippen LogP contribution is -2.12. The van der Waals surface area contributed by atoms with Crippen LogP contribution in [0.15, 0.2) is 76.7 Å². The standard InChI is InChI=1S/C19H18N2O3S/c22-18-13-15(14-24-17-9-5-2-6-10-17)20-19(21-18)25-12-11-23-16-7-3-1-4-8-16/h1-10,13H,11-12,14H2,(H,20,21,22). The molecule has 0 aliphatic heterocycles. The maximum Gasteiger partial charge on any atom is 0.251 e. The first-order valence-electron chi connectivity index (χ1n) is 7.88. The lowest BCUT2D eigenvalue weighted by atomic mass is 10.3. The molecule has 0 amide bonds. The van der Waals surface area contributed by atoms with Crippen LogP contribution < -0.4 is 15.0 Å². The topological polar surface area (TPSA) is 64.2 Å². The molecule has 2 aromatic carbocycles. The molecular weight excluding hydrogens is 336 g/mol. The van der Waals surface area contributed by atoms with Gasteiger partial charge in [-0.2, -0.15) is 0 Å². The molecule has 0 aliphatic carbocycles. The number of ether oxygens (including phenoxy) is 2. The van der Waals surface area contributed by atoms with Crippen molar-refractivity contribution in [2.45, 2.75) is 11.8 Å². The molecule has 0 unspecified atom stereocenters. The van der Waals surface area contributed by atoms with Crippen molar-refractivity contribution < 1.29 is 9.47 Å². The minimum Gasteiger partial charge on any atom is -0.493 e. The van der Waals surface area contributed by atoms with Crippen LogP contribution in [0.4, 0.5) is 0 Å². The molecule has 0 aliphatic rings. The highest BCUT2D eigenvalue weighted by atomic mass is 32.2. The summed E-state index contributed by atoms with van der Waals surface area (Å²) >= 11 is 1.44. The highest BCUT2D eigenvalue weighted by Crippen LogP contribution is 2.15. The van der Waals surface area contributed by atoms with Gasteiger partial charge in [0.2, 0.25) is 0 Å². The van der Waals surface area contributed by atoms with E-state index in [4.69, 9.17) is 9.47 Å². The Morgan fingerprint density at radius 3 is 2.24 bits per heavy atom. The Morgan fingerprint density at radius 2 is 1.56 bits per heavy atom. The number of thioether (sulfide) groups is 1. The van der Waals surface area contributed by atoms with Gasteiger partial charge in [-0.05, 0) is 24.3 Å². The first-order chi connectivity index (χ1) is 12.3. The molecule has 0 bridgehead atoms. The molecule has 0 radical (unpaired) electrons. The van der Waals surface area contributed by atoms with Gasteiger partial charge in [-0.3, -0.25) is 4.79 Å². The van der Waals surface area contributed by atoms with Gasteiger partial charge in [0.15, 0.2) is 5.16 Å². The average molecular weight is 354 g/mol. The van der Waals surface area contributed by atoms with Gasteiger partial charge >= 0.3 is 0 Å². The summed E-state index contributed by atoms with van der Waals surface area (Å²) in [5.74, 6) is 2.26. The third kappa shape index (κ3) is 5.69. The van der Waals surface area contributed by atoms with Gasteiger partial charge in [0.05, 0.1) is 12.3 Å². The molecule has 1 aromatic heterocycles. The van der Waals surface area contributed by atoms with Crippen molar-refractivity contribution in [3.63, 3.8) is 0 Å². The molecule has 3 aromatic rings. The quantitative estimate of drug-likeness (QED) is 0.381. The summed E-state index contributed by atoms with van der Waals surface area (Å²) in [4.78, 5) is 18.9. The van der Waals surface area contributed by atoms with Crippen LogP contribution in [0.5, 0.6) is 11.5 Å². The summed E-state index contributed by atoms with van der Waals surface area (Å²) in [5.41, 5.74) is 0.409. The Balaban J connectivity index is 1.51. The monoisotopic (exact) mass is 354 g/mol. The molecule has 0 atom stereocenters. The van der Waals surface area contributed by atoms with E-state index in [0.29, 0.717) is 23.2 Å². The predicted molar refractivity (Wildman–Crippen MR) is 98.3 cm³/mol. The van der Waals surface area contributed by atoms with E-state index < -0.39 is 0 Å². The van der Waals surface area contributed by atoms with Gasteiger partial charge in [0.25, 0.3) is 5.56 Å². The molecule has 0 saturated carbocycles. The van der Waals surface area contributed by atoms with Gasteiger partial charge < -0.3 is 14.5 Å². The lowest BCUT2D eigenvalue weighted by Gasteiger charge is -2.07. The number of aromatic nitrogens is 2. The average Bonchev–Trinajstić information content (AvgIpc) is 2.65. The number of nitrogens with zero attached hydrogens (tertiary/aromatic N) is 1. The fourth-order valence-corrected chi connectivity index (χ4v) is 2.83. The third-order valence-corrected chi connectivity index (χ3v) is 4.07. The second kappa shape index (κ2) is 8.94. The molecule has 128 valence electrons. The maximum atomic E-state index is 11.8. The van der Waals surface area contributed by atoms with Gasteiger partial charge in [-0.25, -0.2) is 4.98 Å². The Hall–Kier alpha value is -2.73. The van der Waals surface area contributed by atoms with Crippen molar-refractivity contribution in [1.29, 1.82) is 0 Å². The van der Waals surface area contributed by atoms with Crippen LogP contribution in [-0.4, -0.2) is 22.3 Å². The zero-order valence-corrected chi connectivity index (χ0v) is 14.4. The van der Waals surface area contributed by atoms with Crippen LogP contribution in [0.3, 0.4) is 0 Å². The highest BCUT2D eigenvalue weighted by Gasteiger charge is 2.04. The Kier molecular flexibility index (Phi) is 6.11. The molecule has 25 heavy (non-hydrogen) atoms. The van der Waals surface area contributed by atoms with Crippen LogP contribution in [0, 0.1) is 0 Å². The van der Waals surface area contributed by atoms with Crippen molar-refractivity contribution in [1.82, 2.24) is 9.97 Å². The molecule has 6 heteroatoms. The SMILES string of the molecule is O=c1cc(COc2ccccc2)nc(SCCOc2ccccc2)[nH]1. The van der Waals surface area contributed by atoms with Gasteiger partial charge in [-0.15, -0.1) is 0 Å². The minimum atomic E-state index is -0.187. The van der Waals surface area contributed by atoms with E-state index in [1.807, 2.05) is 60.7 Å². The second-order valence-corrected chi connectivity index (χ2v) is 6.24. The molecular formula is C19H18N2O3S. The molecule has 0 fully saturated rings. The number of hydrogen-bond acceptors (Lipinski definition) is 5. The fraction of sp³-hybridized carbons (Fsp3) is 0.158. The fourth-order valence-electron chi connectivity index (χ4n) is 2.11. The zero-order valence-electron chi connectivity index (χ0n) is 13.6. The van der Waals surface area contributed by atoms with E-state index in [0.717, 1.165) is 11.5 Å². The minimum absolute atomic E-state index is 0.187. The largest absolute Gasteiger partial charge is 0.493 e. The Labute approximate surface area is 150 Å². The van der Waals surface area contributed by atoms with Crippen LogP contribution >= 0.6 is 11.8 Å². The number of para-hydroxylation sites is 2. The number of H-pyrrole nitrogens is 1. The van der Waals surface area contributed by atoms with E-state index in [2.05, 4.69) is 9.97 Å². The summed E-state index contributed by atoms with van der Waals surface area (Å²) in [6, 6.07) is 20.5. The summed E-state index contributed by atoms with van der Waals surface area (Å²) in [6.45, 7) is 0.783. The molecule has 1 heterocycles. The smallest absolute Gasteiger partial charge is 0.251 e. The predicted octanol–water partition coefficient (Wildman–Crippen LogP) is 3.52. The van der Waals surface area contributed by atoms with Crippen molar-refractivity contribution >= 4 is 11.8 Å². The number of aromatic amines is 1. The molecule has 1 N–H and O–H groups in total. The van der Waals surface area contributed by atoms with E-state index in [-0.39, 0.29) is 12.2 Å². The van der Waals surface area contributed by atoms with Crippen molar-refractivity contribution in [2.75, 3.05) is 12.4 Å². The zero-order chi connectivity index (χ0) is 17.3. The third-order valence-electron chi connectivity index (χ3n) is 3.24. The summed E-state index contributed by atoms with van der Waals surface area (Å²) < 4.78 is 11.3. The molecule has 3 rings (SSSR count). The second-order valence-electron chi connectivity index (χ2n) is 5.15. The molecule has 0 saturated heterocycles. The summed E-state index contributed by atoms with van der Waals surface area (Å²) in [5, 5.41) is 0.566. The van der Waals surface area contributed by atoms with E-state index in [1.54, 1.807) is 0 Å². The van der Waals surface area contributed by atoms with Crippen molar-refractivity contribution in [3.05, 3.63) is 82.8 Å². The van der Waals surface area contributed by atoms with E-state index in [9.17, 15) is 4.79 Å². The van der Waals surface area contributed by atoms with Gasteiger partial charge in [0, 0.05) is 11.8 Å². The van der Waals surface area contributed by atoms with Gasteiger partial charge in [-0.1, -0.05) is 48.2 Å². The van der Waals surface area contributed by atoms with Crippen LogP contribution in [-0.2, 0) is 6.61 Å². The highest BCUT2D eigenvalue weighted by molar-refractivity contribution is 7.99. The molecule has 5 nitrogen and oxygen atoms in total. The van der Waals surface area contributed by atoms with E-state index in [1.165, 1.54) is 17.8 Å². The first kappa shape index (κ1) is 17.1. The number of hydrogen-bond donors (Lipinski definition) is 1. The Bertz CT molecular complexity index is 838. The summed E-state index contributed by atoms with van der Waals surface area (Å²) in [7, 11) is 0. The summed E-state index contributed by atoms with van der Waals surface area (Å²) in [6.07, 6.45) is 0. The van der Waals surface area contributed by atoms with Crippen LogP contribution in [0.2, 0.25) is 0 Å². The molecule has 0 spiro atoms. The normalized spacial score (nSPS) is 10.4. The van der Waals surface area contributed by atoms with Crippen molar-refractivity contribution in [2.24, 2.45) is 0 Å². The van der Waals surface area contributed by atoms with Crippen LogP contribution in [0.1, 0.15) is 5.69 Å². The van der Waals surface area contributed by atoms with Crippen LogP contribution in [0.25, 0.3) is 0 Å². The van der Waals surface area contributed by atoms with Gasteiger partial charge in [0.1, 0.15) is 18.1 Å². The Morgan fingerprint density at radius 1 is 0.920 bits per heavy atom. The first-order valence-corrected chi connectivity index (χ1v) is 8.87. The number of nitrogens with one attached hydrogen (secondary N) is 1. The van der Waals surface area contributed by atoms with E-state index >= 15 is 0 Å². The number of rotatable bonds is 8.